The summed E-state index contributed by atoms with van der Waals surface area (Å²) in [6.07, 6.45) is 7.20. The van der Waals surface area contributed by atoms with Crippen LogP contribution >= 0.6 is 12.2 Å². The van der Waals surface area contributed by atoms with Crippen molar-refractivity contribution in [1.82, 2.24) is 5.32 Å². The van der Waals surface area contributed by atoms with E-state index < -0.39 is 0 Å². The first-order valence-electron chi connectivity index (χ1n) is 7.47. The van der Waals surface area contributed by atoms with Crippen LogP contribution in [0.3, 0.4) is 0 Å². The molecule has 0 unspecified atom stereocenters. The van der Waals surface area contributed by atoms with Crippen molar-refractivity contribution in [2.75, 3.05) is 5.32 Å². The first kappa shape index (κ1) is 13.6. The summed E-state index contributed by atoms with van der Waals surface area (Å²) in [6.45, 7) is 4.41. The molecule has 0 aliphatic heterocycles. The highest BCUT2D eigenvalue weighted by atomic mass is 32.1. The maximum atomic E-state index is 5.43. The van der Waals surface area contributed by atoms with E-state index in [9.17, 15) is 0 Å². The van der Waals surface area contributed by atoms with Gasteiger partial charge in [-0.25, -0.2) is 0 Å². The molecule has 0 saturated heterocycles. The summed E-state index contributed by atoms with van der Waals surface area (Å²) in [6, 6.07) is 9.04. The van der Waals surface area contributed by atoms with Crippen molar-refractivity contribution < 1.29 is 0 Å². The van der Waals surface area contributed by atoms with Crippen LogP contribution in [0.1, 0.15) is 38.2 Å². The number of anilines is 1. The zero-order chi connectivity index (χ0) is 14.1. The zero-order valence-corrected chi connectivity index (χ0v) is 12.9. The summed E-state index contributed by atoms with van der Waals surface area (Å²) in [5.41, 5.74) is 2.42. The minimum Gasteiger partial charge on any atom is -0.359 e. The Morgan fingerprint density at radius 2 is 1.90 bits per heavy atom. The summed E-state index contributed by atoms with van der Waals surface area (Å²) in [5.74, 6) is 2.00. The molecule has 1 saturated carbocycles. The van der Waals surface area contributed by atoms with Gasteiger partial charge in [-0.3, -0.25) is 0 Å². The SMILES string of the molecule is CC(C)c1ccc(NC(=S)N[C@H]2C[C@@H]3C=C[C@@H]2C3)cc1. The van der Waals surface area contributed by atoms with Crippen LogP contribution in [0.15, 0.2) is 36.4 Å². The molecule has 2 aliphatic carbocycles. The van der Waals surface area contributed by atoms with Crippen molar-refractivity contribution in [3.05, 3.63) is 42.0 Å². The van der Waals surface area contributed by atoms with Gasteiger partial charge in [0.2, 0.25) is 0 Å². The van der Waals surface area contributed by atoms with Crippen LogP contribution in [0.25, 0.3) is 0 Å². The first-order valence-corrected chi connectivity index (χ1v) is 7.88. The van der Waals surface area contributed by atoms with Crippen LogP contribution in [0.5, 0.6) is 0 Å². The monoisotopic (exact) mass is 286 g/mol. The largest absolute Gasteiger partial charge is 0.359 e. The number of benzene rings is 1. The molecular weight excluding hydrogens is 264 g/mol. The Morgan fingerprint density at radius 1 is 1.15 bits per heavy atom. The molecule has 0 aromatic heterocycles. The lowest BCUT2D eigenvalue weighted by molar-refractivity contribution is 0.526. The molecule has 3 rings (SSSR count). The van der Waals surface area contributed by atoms with Crippen LogP contribution < -0.4 is 10.6 Å². The van der Waals surface area contributed by atoms with E-state index in [1.54, 1.807) is 0 Å². The Balaban J connectivity index is 1.55. The van der Waals surface area contributed by atoms with Crippen molar-refractivity contribution in [2.24, 2.45) is 11.8 Å². The molecule has 2 nitrogen and oxygen atoms in total. The Labute approximate surface area is 126 Å². The van der Waals surface area contributed by atoms with E-state index >= 15 is 0 Å². The Hall–Kier alpha value is -1.35. The highest BCUT2D eigenvalue weighted by molar-refractivity contribution is 7.80. The number of nitrogens with one attached hydrogen (secondary N) is 2. The highest BCUT2D eigenvalue weighted by Gasteiger charge is 2.35. The molecule has 3 heteroatoms. The van der Waals surface area contributed by atoms with Gasteiger partial charge in [0.1, 0.15) is 0 Å². The Bertz CT molecular complexity index is 518. The Morgan fingerprint density at radius 3 is 2.45 bits per heavy atom. The van der Waals surface area contributed by atoms with Gasteiger partial charge < -0.3 is 10.6 Å². The zero-order valence-electron chi connectivity index (χ0n) is 12.1. The fourth-order valence-corrected chi connectivity index (χ4v) is 3.50. The van der Waals surface area contributed by atoms with Crippen molar-refractivity contribution >= 4 is 23.0 Å². The minimum atomic E-state index is 0.514. The fourth-order valence-electron chi connectivity index (χ4n) is 3.23. The van der Waals surface area contributed by atoms with Gasteiger partial charge in [-0.2, -0.15) is 0 Å². The predicted molar refractivity (Wildman–Crippen MR) is 89.0 cm³/mol. The second-order valence-electron chi connectivity index (χ2n) is 6.26. The molecule has 1 aromatic carbocycles. The number of fused-ring (bicyclic) bond motifs is 2. The molecule has 20 heavy (non-hydrogen) atoms. The van der Waals surface area contributed by atoms with Gasteiger partial charge >= 0.3 is 0 Å². The standard InChI is InChI=1S/C17H22N2S/c1-11(2)13-5-7-15(8-6-13)18-17(20)19-16-10-12-3-4-14(16)9-12/h3-8,11-12,14,16H,9-10H2,1-2H3,(H2,18,19,20)/t12-,14-,16+/m1/s1. The fraction of sp³-hybridized carbons (Fsp3) is 0.471. The molecule has 2 bridgehead atoms. The van der Waals surface area contributed by atoms with Crippen LogP contribution in [0, 0.1) is 11.8 Å². The van der Waals surface area contributed by atoms with Gasteiger partial charge in [-0.15, -0.1) is 0 Å². The lowest BCUT2D eigenvalue weighted by atomic mass is 10.0. The van der Waals surface area contributed by atoms with Crippen LogP contribution in [-0.2, 0) is 0 Å². The Kier molecular flexibility index (Phi) is 3.79. The second-order valence-corrected chi connectivity index (χ2v) is 6.67. The smallest absolute Gasteiger partial charge is 0.171 e. The topological polar surface area (TPSA) is 24.1 Å². The number of hydrogen-bond donors (Lipinski definition) is 2. The average Bonchev–Trinajstić information content (AvgIpc) is 3.01. The molecular formula is C17H22N2S. The van der Waals surface area contributed by atoms with Crippen LogP contribution in [0.2, 0.25) is 0 Å². The van der Waals surface area contributed by atoms with E-state index in [0.717, 1.165) is 16.7 Å². The third kappa shape index (κ3) is 2.88. The van der Waals surface area contributed by atoms with Crippen LogP contribution in [-0.4, -0.2) is 11.2 Å². The summed E-state index contributed by atoms with van der Waals surface area (Å²) in [5, 5.41) is 7.50. The number of rotatable bonds is 3. The molecule has 1 aromatic rings. The predicted octanol–water partition coefficient (Wildman–Crippen LogP) is 4.06. The van der Waals surface area contributed by atoms with Gasteiger partial charge in [-0.1, -0.05) is 38.1 Å². The van der Waals surface area contributed by atoms with E-state index in [1.165, 1.54) is 18.4 Å². The summed E-state index contributed by atoms with van der Waals surface area (Å²) < 4.78 is 0. The first-order chi connectivity index (χ1) is 9.61. The van der Waals surface area contributed by atoms with E-state index in [0.29, 0.717) is 17.9 Å². The van der Waals surface area contributed by atoms with Crippen molar-refractivity contribution in [3.8, 4) is 0 Å². The van der Waals surface area contributed by atoms with Crippen LogP contribution in [0.4, 0.5) is 5.69 Å². The maximum Gasteiger partial charge on any atom is 0.171 e. The number of hydrogen-bond acceptors (Lipinski definition) is 1. The third-order valence-electron chi connectivity index (χ3n) is 4.43. The van der Waals surface area contributed by atoms with E-state index in [1.807, 2.05) is 0 Å². The van der Waals surface area contributed by atoms with E-state index in [2.05, 4.69) is 60.9 Å². The lowest BCUT2D eigenvalue weighted by Crippen LogP contribution is -2.40. The lowest BCUT2D eigenvalue weighted by Gasteiger charge is -2.22. The van der Waals surface area contributed by atoms with Gasteiger partial charge in [-0.05, 0) is 60.5 Å². The molecule has 3 atom stereocenters. The van der Waals surface area contributed by atoms with E-state index in [-0.39, 0.29) is 0 Å². The molecule has 0 amide bonds. The van der Waals surface area contributed by atoms with Crippen molar-refractivity contribution in [3.63, 3.8) is 0 Å². The van der Waals surface area contributed by atoms with Crippen molar-refractivity contribution in [2.45, 2.75) is 38.6 Å². The molecule has 0 radical (unpaired) electrons. The molecule has 0 spiro atoms. The van der Waals surface area contributed by atoms with Gasteiger partial charge in [0, 0.05) is 11.7 Å². The molecule has 2 aliphatic rings. The van der Waals surface area contributed by atoms with Crippen molar-refractivity contribution in [1.29, 1.82) is 0 Å². The normalized spacial score (nSPS) is 27.1. The quantitative estimate of drug-likeness (QED) is 0.647. The number of thiocarbonyl (C=S) groups is 1. The summed E-state index contributed by atoms with van der Waals surface area (Å²) >= 11 is 5.43. The second kappa shape index (κ2) is 5.57. The third-order valence-corrected chi connectivity index (χ3v) is 4.65. The van der Waals surface area contributed by atoms with E-state index in [4.69, 9.17) is 12.2 Å². The van der Waals surface area contributed by atoms with Gasteiger partial charge in [0.05, 0.1) is 0 Å². The summed E-state index contributed by atoms with van der Waals surface area (Å²) in [7, 11) is 0. The van der Waals surface area contributed by atoms with Gasteiger partial charge in [0.25, 0.3) is 0 Å². The molecule has 1 fully saturated rings. The average molecular weight is 286 g/mol. The minimum absolute atomic E-state index is 0.514. The molecule has 2 N–H and O–H groups in total. The van der Waals surface area contributed by atoms with Gasteiger partial charge in [0.15, 0.2) is 5.11 Å². The summed E-state index contributed by atoms with van der Waals surface area (Å²) in [4.78, 5) is 0. The number of allylic oxidation sites excluding steroid dienone is 1. The molecule has 106 valence electrons. The highest BCUT2D eigenvalue weighted by Crippen LogP contribution is 2.38. The molecule has 0 heterocycles. The maximum absolute atomic E-state index is 5.43.